The van der Waals surface area contributed by atoms with Crippen molar-refractivity contribution in [2.45, 2.75) is 19.9 Å². The molecular weight excluding hydrogens is 390 g/mol. The lowest BCUT2D eigenvalue weighted by atomic mass is 10.1. The number of rotatable bonds is 9. The van der Waals surface area contributed by atoms with Crippen molar-refractivity contribution in [2.75, 3.05) is 18.5 Å². The van der Waals surface area contributed by atoms with Gasteiger partial charge in [-0.2, -0.15) is 0 Å². The fourth-order valence-corrected chi connectivity index (χ4v) is 3.43. The summed E-state index contributed by atoms with van der Waals surface area (Å²) in [5.74, 6) is 0.753. The lowest BCUT2D eigenvalue weighted by molar-refractivity contribution is 0.0998. The fraction of sp³-hybridized carbons (Fsp3) is 0.200. The normalized spacial score (nSPS) is 10.9. The monoisotopic (exact) mass is 415 g/mol. The molecule has 0 atom stereocenters. The Bertz CT molecular complexity index is 1140. The highest BCUT2D eigenvalue weighted by Crippen LogP contribution is 2.33. The molecule has 0 saturated heterocycles. The van der Waals surface area contributed by atoms with Crippen molar-refractivity contribution in [1.82, 2.24) is 10.3 Å². The second-order valence-electron chi connectivity index (χ2n) is 7.25. The van der Waals surface area contributed by atoms with Gasteiger partial charge in [0.05, 0.1) is 12.0 Å². The van der Waals surface area contributed by atoms with Crippen LogP contribution in [0.15, 0.2) is 77.5 Å². The van der Waals surface area contributed by atoms with Crippen molar-refractivity contribution in [3.05, 3.63) is 89.9 Å². The van der Waals surface area contributed by atoms with E-state index in [4.69, 9.17) is 9.15 Å². The molecule has 6 heteroatoms. The number of aromatic nitrogens is 1. The number of nitrogens with one attached hydrogen (secondary N) is 2. The minimum atomic E-state index is -0.273. The number of carbonyl (C=O) groups excluding carboxylic acids is 1. The fourth-order valence-electron chi connectivity index (χ4n) is 3.43. The van der Waals surface area contributed by atoms with E-state index in [2.05, 4.69) is 15.6 Å². The Kier molecular flexibility index (Phi) is 6.59. The Balaban J connectivity index is 1.36. The number of hydrogen-bond donors (Lipinski definition) is 2. The molecule has 0 spiro atoms. The molecule has 6 nitrogen and oxygen atoms in total. The third-order valence-electron chi connectivity index (χ3n) is 4.96. The number of carbonyl (C=O) groups is 1. The summed E-state index contributed by atoms with van der Waals surface area (Å²) in [5, 5.41) is 7.10. The molecule has 158 valence electrons. The second-order valence-corrected chi connectivity index (χ2v) is 7.25. The molecule has 0 bridgehead atoms. The number of aryl methyl sites for hydroxylation is 1. The van der Waals surface area contributed by atoms with Crippen LogP contribution in [0, 0.1) is 6.92 Å². The number of hydrogen-bond acceptors (Lipinski definition) is 5. The van der Waals surface area contributed by atoms with Crippen molar-refractivity contribution in [3.8, 4) is 5.75 Å². The van der Waals surface area contributed by atoms with Gasteiger partial charge in [0.1, 0.15) is 11.3 Å². The lowest BCUT2D eigenvalue weighted by Gasteiger charge is -2.08. The van der Waals surface area contributed by atoms with Crippen LogP contribution in [0.2, 0.25) is 0 Å². The summed E-state index contributed by atoms with van der Waals surface area (Å²) < 4.78 is 11.9. The molecule has 2 N–H and O–H groups in total. The van der Waals surface area contributed by atoms with E-state index in [1.165, 1.54) is 0 Å². The molecule has 0 aliphatic heterocycles. The topological polar surface area (TPSA) is 76.4 Å². The number of fused-ring (bicyclic) bond motifs is 1. The zero-order valence-corrected chi connectivity index (χ0v) is 17.4. The van der Waals surface area contributed by atoms with Gasteiger partial charge in [-0.15, -0.1) is 0 Å². The highest BCUT2D eigenvalue weighted by Gasteiger charge is 2.20. The molecule has 0 aliphatic rings. The molecule has 0 fully saturated rings. The molecule has 1 amide bonds. The number of para-hydroxylation sites is 1. The van der Waals surface area contributed by atoms with Crippen LogP contribution < -0.4 is 15.4 Å². The molecule has 2 aromatic heterocycles. The summed E-state index contributed by atoms with van der Waals surface area (Å²) in [6.07, 6.45) is 4.48. The molecule has 4 aromatic rings. The van der Waals surface area contributed by atoms with Crippen LogP contribution >= 0.6 is 0 Å². The van der Waals surface area contributed by atoms with Crippen LogP contribution in [-0.4, -0.2) is 24.0 Å². The van der Waals surface area contributed by atoms with Crippen molar-refractivity contribution in [1.29, 1.82) is 0 Å². The van der Waals surface area contributed by atoms with E-state index in [0.29, 0.717) is 18.0 Å². The predicted molar refractivity (Wildman–Crippen MR) is 121 cm³/mol. The number of furan rings is 1. The Morgan fingerprint density at radius 1 is 1.06 bits per heavy atom. The van der Waals surface area contributed by atoms with E-state index in [0.717, 1.165) is 47.5 Å². The minimum absolute atomic E-state index is 0.273. The largest absolute Gasteiger partial charge is 0.493 e. The van der Waals surface area contributed by atoms with Gasteiger partial charge in [0.15, 0.2) is 5.76 Å². The predicted octanol–water partition coefficient (Wildman–Crippen LogP) is 4.95. The smallest absolute Gasteiger partial charge is 0.291 e. The first-order valence-corrected chi connectivity index (χ1v) is 10.3. The van der Waals surface area contributed by atoms with E-state index in [1.54, 1.807) is 6.20 Å². The lowest BCUT2D eigenvalue weighted by Crippen LogP contribution is -2.17. The number of anilines is 1. The quantitative estimate of drug-likeness (QED) is 0.378. The summed E-state index contributed by atoms with van der Waals surface area (Å²) in [4.78, 5) is 16.8. The second kappa shape index (κ2) is 9.91. The third-order valence-corrected chi connectivity index (χ3v) is 4.96. The maximum Gasteiger partial charge on any atom is 0.291 e. The van der Waals surface area contributed by atoms with Crippen LogP contribution in [0.3, 0.4) is 0 Å². The number of nitrogens with zero attached hydrogens (tertiary/aromatic N) is 1. The van der Waals surface area contributed by atoms with Crippen LogP contribution in [0.1, 0.15) is 28.1 Å². The van der Waals surface area contributed by atoms with Crippen LogP contribution in [0.4, 0.5) is 5.69 Å². The van der Waals surface area contributed by atoms with Gasteiger partial charge in [0.25, 0.3) is 5.91 Å². The molecule has 2 aromatic carbocycles. The summed E-state index contributed by atoms with van der Waals surface area (Å²) in [6.45, 7) is 4.06. The van der Waals surface area contributed by atoms with Gasteiger partial charge in [-0.25, -0.2) is 0 Å². The van der Waals surface area contributed by atoms with Crippen LogP contribution in [0.5, 0.6) is 5.75 Å². The van der Waals surface area contributed by atoms with Gasteiger partial charge in [0, 0.05) is 30.2 Å². The molecular formula is C25H25N3O3. The molecule has 31 heavy (non-hydrogen) atoms. The molecule has 2 heterocycles. The molecule has 0 radical (unpaired) electrons. The molecule has 0 aliphatic carbocycles. The average molecular weight is 415 g/mol. The summed E-state index contributed by atoms with van der Waals surface area (Å²) in [6, 6.07) is 18.9. The average Bonchev–Trinajstić information content (AvgIpc) is 3.15. The summed E-state index contributed by atoms with van der Waals surface area (Å²) >= 11 is 0. The van der Waals surface area contributed by atoms with Gasteiger partial charge in [0.2, 0.25) is 0 Å². The number of ether oxygens (including phenoxy) is 1. The van der Waals surface area contributed by atoms with E-state index in [9.17, 15) is 4.79 Å². The van der Waals surface area contributed by atoms with Crippen molar-refractivity contribution in [3.63, 3.8) is 0 Å². The van der Waals surface area contributed by atoms with Gasteiger partial charge in [-0.3, -0.25) is 9.78 Å². The van der Waals surface area contributed by atoms with Gasteiger partial charge in [-0.05, 0) is 55.8 Å². The van der Waals surface area contributed by atoms with Crippen LogP contribution in [0.25, 0.3) is 11.0 Å². The summed E-state index contributed by atoms with van der Waals surface area (Å²) in [7, 11) is 0. The van der Waals surface area contributed by atoms with Gasteiger partial charge < -0.3 is 19.8 Å². The van der Waals surface area contributed by atoms with Crippen molar-refractivity contribution < 1.29 is 13.9 Å². The van der Waals surface area contributed by atoms with Gasteiger partial charge in [-0.1, -0.05) is 30.3 Å². The SMILES string of the molecule is Cc1c(C(=O)Nc2ccccc2)oc2cccc(OCCCNCc3cccnc3)c12. The Morgan fingerprint density at radius 3 is 2.74 bits per heavy atom. The first-order valence-electron chi connectivity index (χ1n) is 10.3. The zero-order chi connectivity index (χ0) is 21.5. The summed E-state index contributed by atoms with van der Waals surface area (Å²) in [5.41, 5.74) is 3.29. The standard InChI is InChI=1S/C25H25N3O3/c1-18-23-21(30-15-7-14-27-17-19-8-6-13-26-16-19)11-5-12-22(23)31-24(18)25(29)28-20-9-3-2-4-10-20/h2-6,8-13,16,27H,7,14-15,17H2,1H3,(H,28,29). The highest BCUT2D eigenvalue weighted by atomic mass is 16.5. The van der Waals surface area contributed by atoms with E-state index in [1.807, 2.05) is 73.8 Å². The highest BCUT2D eigenvalue weighted by molar-refractivity contribution is 6.07. The maximum absolute atomic E-state index is 12.7. The van der Waals surface area contributed by atoms with Crippen molar-refractivity contribution >= 4 is 22.6 Å². The Hall–Kier alpha value is -3.64. The number of amides is 1. The molecule has 0 unspecified atom stereocenters. The van der Waals surface area contributed by atoms with Crippen LogP contribution in [-0.2, 0) is 6.54 Å². The Morgan fingerprint density at radius 2 is 1.94 bits per heavy atom. The number of pyridine rings is 1. The molecule has 4 rings (SSSR count). The van der Waals surface area contributed by atoms with Gasteiger partial charge >= 0.3 is 0 Å². The maximum atomic E-state index is 12.7. The van der Waals surface area contributed by atoms with Crippen molar-refractivity contribution in [2.24, 2.45) is 0 Å². The minimum Gasteiger partial charge on any atom is -0.493 e. The Labute approximate surface area is 181 Å². The van der Waals surface area contributed by atoms with E-state index in [-0.39, 0.29) is 5.91 Å². The first kappa shape index (κ1) is 20.6. The first-order chi connectivity index (χ1) is 15.2. The third kappa shape index (κ3) is 5.10. The van der Waals surface area contributed by atoms with E-state index < -0.39 is 0 Å². The zero-order valence-electron chi connectivity index (χ0n) is 17.4. The number of benzene rings is 2. The molecule has 0 saturated carbocycles. The van der Waals surface area contributed by atoms with E-state index >= 15 is 0 Å².